The number of furan rings is 1. The first-order valence-corrected chi connectivity index (χ1v) is 5.23. The van der Waals surface area contributed by atoms with E-state index >= 15 is 0 Å². The Bertz CT molecular complexity index is 362. The standard InChI is InChI=1S/C12H14O3/c1-2-14-12(13)10-6-3-5-9(10)11-7-4-8-15-11/h4-5,7-8,10H,2-3,6H2,1H3. The molecule has 1 aliphatic rings. The van der Waals surface area contributed by atoms with Crippen LogP contribution < -0.4 is 0 Å². The van der Waals surface area contributed by atoms with E-state index in [2.05, 4.69) is 6.08 Å². The van der Waals surface area contributed by atoms with E-state index in [-0.39, 0.29) is 11.9 Å². The number of esters is 1. The number of rotatable bonds is 3. The van der Waals surface area contributed by atoms with Gasteiger partial charge in [-0.2, -0.15) is 0 Å². The Kier molecular flexibility index (Phi) is 2.90. The first-order valence-electron chi connectivity index (χ1n) is 5.23. The SMILES string of the molecule is CCOC(=O)C1CCC=C1c1ccco1. The third-order valence-corrected chi connectivity index (χ3v) is 2.57. The molecule has 0 saturated heterocycles. The molecule has 80 valence electrons. The zero-order chi connectivity index (χ0) is 10.7. The van der Waals surface area contributed by atoms with Gasteiger partial charge in [-0.05, 0) is 31.9 Å². The van der Waals surface area contributed by atoms with Crippen LogP contribution in [-0.2, 0) is 9.53 Å². The van der Waals surface area contributed by atoms with Gasteiger partial charge in [-0.25, -0.2) is 0 Å². The van der Waals surface area contributed by atoms with Crippen molar-refractivity contribution in [3.8, 4) is 0 Å². The molecule has 3 heteroatoms. The lowest BCUT2D eigenvalue weighted by molar-refractivity contribution is -0.145. The summed E-state index contributed by atoms with van der Waals surface area (Å²) in [6.07, 6.45) is 5.42. The van der Waals surface area contributed by atoms with Crippen molar-refractivity contribution in [2.24, 2.45) is 5.92 Å². The molecule has 1 heterocycles. The van der Waals surface area contributed by atoms with Crippen LogP contribution in [0, 0.1) is 5.92 Å². The van der Waals surface area contributed by atoms with Crippen LogP contribution in [0.25, 0.3) is 5.57 Å². The molecule has 15 heavy (non-hydrogen) atoms. The average molecular weight is 206 g/mol. The van der Waals surface area contributed by atoms with Gasteiger partial charge in [-0.15, -0.1) is 0 Å². The molecule has 1 aromatic heterocycles. The quantitative estimate of drug-likeness (QED) is 0.714. The second-order valence-electron chi connectivity index (χ2n) is 3.52. The lowest BCUT2D eigenvalue weighted by Crippen LogP contribution is -2.16. The lowest BCUT2D eigenvalue weighted by atomic mass is 10.00. The molecule has 1 aliphatic carbocycles. The summed E-state index contributed by atoms with van der Waals surface area (Å²) in [6, 6.07) is 3.71. The summed E-state index contributed by atoms with van der Waals surface area (Å²) in [5.74, 6) is 0.499. The first-order chi connectivity index (χ1) is 7.33. The number of hydrogen-bond donors (Lipinski definition) is 0. The van der Waals surface area contributed by atoms with E-state index in [1.54, 1.807) is 6.26 Å². The average Bonchev–Trinajstić information content (AvgIpc) is 2.88. The Labute approximate surface area is 88.7 Å². The first kappa shape index (κ1) is 10.0. The topological polar surface area (TPSA) is 39.4 Å². The van der Waals surface area contributed by atoms with Crippen molar-refractivity contribution in [3.05, 3.63) is 30.2 Å². The molecule has 0 radical (unpaired) electrons. The molecule has 0 aliphatic heterocycles. The van der Waals surface area contributed by atoms with Gasteiger partial charge < -0.3 is 9.15 Å². The molecule has 0 N–H and O–H groups in total. The molecule has 0 amide bonds. The van der Waals surface area contributed by atoms with Crippen molar-refractivity contribution in [2.75, 3.05) is 6.61 Å². The van der Waals surface area contributed by atoms with Crippen molar-refractivity contribution in [3.63, 3.8) is 0 Å². The van der Waals surface area contributed by atoms with Crippen LogP contribution in [0.1, 0.15) is 25.5 Å². The molecule has 1 unspecified atom stereocenters. The van der Waals surface area contributed by atoms with Crippen molar-refractivity contribution >= 4 is 11.5 Å². The number of carbonyl (C=O) groups is 1. The van der Waals surface area contributed by atoms with E-state index in [9.17, 15) is 4.79 Å². The summed E-state index contributed by atoms with van der Waals surface area (Å²) in [5.41, 5.74) is 0.971. The molecule has 2 rings (SSSR count). The second-order valence-corrected chi connectivity index (χ2v) is 3.52. The monoisotopic (exact) mass is 206 g/mol. The van der Waals surface area contributed by atoms with Gasteiger partial charge >= 0.3 is 5.97 Å². The largest absolute Gasteiger partial charge is 0.466 e. The van der Waals surface area contributed by atoms with Gasteiger partial charge in [0.15, 0.2) is 0 Å². The highest BCUT2D eigenvalue weighted by atomic mass is 16.5. The molecular formula is C12H14O3. The molecular weight excluding hydrogens is 192 g/mol. The van der Waals surface area contributed by atoms with E-state index < -0.39 is 0 Å². The van der Waals surface area contributed by atoms with Gasteiger partial charge in [-0.1, -0.05) is 6.08 Å². The van der Waals surface area contributed by atoms with Gasteiger partial charge in [0.1, 0.15) is 5.76 Å². The summed E-state index contributed by atoms with van der Waals surface area (Å²) >= 11 is 0. The van der Waals surface area contributed by atoms with E-state index in [0.717, 1.165) is 24.2 Å². The van der Waals surface area contributed by atoms with E-state index in [0.29, 0.717) is 6.61 Å². The van der Waals surface area contributed by atoms with Crippen LogP contribution in [0.3, 0.4) is 0 Å². The Morgan fingerprint density at radius 2 is 2.53 bits per heavy atom. The summed E-state index contributed by atoms with van der Waals surface area (Å²) in [4.78, 5) is 11.6. The van der Waals surface area contributed by atoms with Crippen LogP contribution in [-0.4, -0.2) is 12.6 Å². The Balaban J connectivity index is 2.15. The minimum absolute atomic E-state index is 0.141. The Morgan fingerprint density at radius 1 is 1.67 bits per heavy atom. The normalized spacial score (nSPS) is 20.1. The zero-order valence-electron chi connectivity index (χ0n) is 8.73. The number of hydrogen-bond acceptors (Lipinski definition) is 3. The van der Waals surface area contributed by atoms with E-state index in [1.807, 2.05) is 19.1 Å². The number of carbonyl (C=O) groups excluding carboxylic acids is 1. The highest BCUT2D eigenvalue weighted by Gasteiger charge is 2.29. The van der Waals surface area contributed by atoms with Crippen molar-refractivity contribution in [1.29, 1.82) is 0 Å². The molecule has 3 nitrogen and oxygen atoms in total. The maximum Gasteiger partial charge on any atom is 0.313 e. The third kappa shape index (κ3) is 1.96. The predicted octanol–water partition coefficient (Wildman–Crippen LogP) is 2.64. The van der Waals surface area contributed by atoms with Crippen LogP contribution >= 0.6 is 0 Å². The Hall–Kier alpha value is -1.51. The molecule has 1 aromatic rings. The van der Waals surface area contributed by atoms with Crippen LogP contribution in [0.2, 0.25) is 0 Å². The van der Waals surface area contributed by atoms with Crippen molar-refractivity contribution < 1.29 is 13.9 Å². The number of ether oxygens (including phenoxy) is 1. The minimum Gasteiger partial charge on any atom is -0.466 e. The maximum absolute atomic E-state index is 11.6. The maximum atomic E-state index is 11.6. The van der Waals surface area contributed by atoms with Crippen LogP contribution in [0.5, 0.6) is 0 Å². The Morgan fingerprint density at radius 3 is 3.20 bits per heavy atom. The summed E-state index contributed by atoms with van der Waals surface area (Å²) in [7, 11) is 0. The molecule has 0 aromatic carbocycles. The van der Waals surface area contributed by atoms with Gasteiger partial charge in [0.25, 0.3) is 0 Å². The molecule has 0 spiro atoms. The predicted molar refractivity (Wildman–Crippen MR) is 56.0 cm³/mol. The fourth-order valence-corrected chi connectivity index (χ4v) is 1.91. The molecule has 1 atom stereocenters. The fraction of sp³-hybridized carbons (Fsp3) is 0.417. The van der Waals surface area contributed by atoms with E-state index in [4.69, 9.17) is 9.15 Å². The van der Waals surface area contributed by atoms with E-state index in [1.165, 1.54) is 0 Å². The lowest BCUT2D eigenvalue weighted by Gasteiger charge is -2.11. The highest BCUT2D eigenvalue weighted by molar-refractivity contribution is 5.88. The van der Waals surface area contributed by atoms with Crippen molar-refractivity contribution in [1.82, 2.24) is 0 Å². The van der Waals surface area contributed by atoms with Gasteiger partial charge in [0.2, 0.25) is 0 Å². The second kappa shape index (κ2) is 4.34. The van der Waals surface area contributed by atoms with Crippen LogP contribution in [0.15, 0.2) is 28.9 Å². The summed E-state index contributed by atoms with van der Waals surface area (Å²) < 4.78 is 10.3. The fourth-order valence-electron chi connectivity index (χ4n) is 1.91. The van der Waals surface area contributed by atoms with Crippen molar-refractivity contribution in [2.45, 2.75) is 19.8 Å². The van der Waals surface area contributed by atoms with Crippen LogP contribution in [0.4, 0.5) is 0 Å². The summed E-state index contributed by atoms with van der Waals surface area (Å²) in [5, 5.41) is 0. The number of allylic oxidation sites excluding steroid dienone is 1. The molecule has 0 bridgehead atoms. The smallest absolute Gasteiger partial charge is 0.313 e. The third-order valence-electron chi connectivity index (χ3n) is 2.57. The molecule has 0 saturated carbocycles. The van der Waals surface area contributed by atoms with Gasteiger partial charge in [-0.3, -0.25) is 4.79 Å². The van der Waals surface area contributed by atoms with Gasteiger partial charge in [0, 0.05) is 5.57 Å². The summed E-state index contributed by atoms with van der Waals surface area (Å²) in [6.45, 7) is 2.25. The van der Waals surface area contributed by atoms with Gasteiger partial charge in [0.05, 0.1) is 18.8 Å². The molecule has 0 fully saturated rings. The minimum atomic E-state index is -0.143. The zero-order valence-corrected chi connectivity index (χ0v) is 8.73. The highest BCUT2D eigenvalue weighted by Crippen LogP contribution is 2.34.